The first-order chi connectivity index (χ1) is 8.56. The molecule has 0 saturated heterocycles. The molecule has 2 atom stereocenters. The normalized spacial score (nSPS) is 28.9. The molecule has 0 heterocycles. The number of aryl methyl sites for hydroxylation is 1. The van der Waals surface area contributed by atoms with Crippen LogP contribution in [-0.2, 0) is 4.79 Å². The zero-order valence-electron chi connectivity index (χ0n) is 10.9. The summed E-state index contributed by atoms with van der Waals surface area (Å²) in [6.45, 7) is 3.70. The molecule has 2 fully saturated rings. The van der Waals surface area contributed by atoms with Gasteiger partial charge in [-0.2, -0.15) is 0 Å². The van der Waals surface area contributed by atoms with Gasteiger partial charge in [0.15, 0.2) is 0 Å². The summed E-state index contributed by atoms with van der Waals surface area (Å²) in [4.78, 5) is 12.1. The number of hydrogen-bond acceptors (Lipinski definition) is 2. The van der Waals surface area contributed by atoms with E-state index in [1.807, 2.05) is 26.0 Å². The molecule has 0 radical (unpaired) electrons. The van der Waals surface area contributed by atoms with E-state index in [0.717, 1.165) is 41.5 Å². The van der Waals surface area contributed by atoms with Crippen molar-refractivity contribution in [3.63, 3.8) is 0 Å². The van der Waals surface area contributed by atoms with Crippen LogP contribution in [0.2, 0.25) is 0 Å². The van der Waals surface area contributed by atoms with Crippen molar-refractivity contribution in [2.75, 3.05) is 5.32 Å². The van der Waals surface area contributed by atoms with Crippen molar-refractivity contribution in [1.82, 2.24) is 0 Å². The van der Waals surface area contributed by atoms with Crippen LogP contribution in [0.3, 0.4) is 0 Å². The highest BCUT2D eigenvalue weighted by Gasteiger charge is 2.48. The van der Waals surface area contributed by atoms with Gasteiger partial charge in [0.05, 0.1) is 0 Å². The van der Waals surface area contributed by atoms with Crippen molar-refractivity contribution in [2.45, 2.75) is 33.1 Å². The van der Waals surface area contributed by atoms with E-state index in [2.05, 4.69) is 5.32 Å². The highest BCUT2D eigenvalue weighted by atomic mass is 16.3. The van der Waals surface area contributed by atoms with Gasteiger partial charge in [0, 0.05) is 17.2 Å². The molecule has 3 heteroatoms. The molecule has 3 rings (SSSR count). The third-order valence-electron chi connectivity index (χ3n) is 4.50. The predicted molar refractivity (Wildman–Crippen MR) is 70.5 cm³/mol. The van der Waals surface area contributed by atoms with Crippen LogP contribution in [0.5, 0.6) is 5.75 Å². The van der Waals surface area contributed by atoms with Gasteiger partial charge in [0.2, 0.25) is 5.91 Å². The molecule has 3 nitrogen and oxygen atoms in total. The first-order valence-corrected chi connectivity index (χ1v) is 6.66. The van der Waals surface area contributed by atoms with Crippen molar-refractivity contribution >= 4 is 11.6 Å². The first-order valence-electron chi connectivity index (χ1n) is 6.66. The van der Waals surface area contributed by atoms with Gasteiger partial charge in [-0.05, 0) is 56.6 Å². The number of phenolic OH excluding ortho intramolecular Hbond substituents is 1. The first kappa shape index (κ1) is 11.6. The van der Waals surface area contributed by atoms with E-state index in [1.54, 1.807) is 0 Å². The fourth-order valence-electron chi connectivity index (χ4n) is 3.13. The molecule has 1 amide bonds. The number of carbonyl (C=O) groups excluding carboxylic acids is 1. The van der Waals surface area contributed by atoms with Gasteiger partial charge in [-0.15, -0.1) is 0 Å². The van der Waals surface area contributed by atoms with Crippen molar-refractivity contribution in [3.8, 4) is 5.75 Å². The topological polar surface area (TPSA) is 49.3 Å². The summed E-state index contributed by atoms with van der Waals surface area (Å²) in [5.41, 5.74) is 2.34. The summed E-state index contributed by atoms with van der Waals surface area (Å²) in [6, 6.07) is 3.71. The Kier molecular flexibility index (Phi) is 2.58. The maximum atomic E-state index is 12.1. The van der Waals surface area contributed by atoms with Gasteiger partial charge in [-0.25, -0.2) is 0 Å². The van der Waals surface area contributed by atoms with Crippen LogP contribution in [0, 0.1) is 31.6 Å². The Labute approximate surface area is 107 Å². The Balaban J connectivity index is 1.72. The standard InChI is InChI=1S/C15H19NO2/c1-8-3-4-13(9(2)14(8)17)16-15(18)12-6-10-5-11(10)7-12/h3-4,10-12,17H,5-7H2,1-2H3,(H,16,18). The average molecular weight is 245 g/mol. The van der Waals surface area contributed by atoms with Gasteiger partial charge in [-0.1, -0.05) is 6.07 Å². The van der Waals surface area contributed by atoms with Crippen molar-refractivity contribution < 1.29 is 9.90 Å². The van der Waals surface area contributed by atoms with E-state index in [4.69, 9.17) is 0 Å². The monoisotopic (exact) mass is 245 g/mol. The number of fused-ring (bicyclic) bond motifs is 1. The quantitative estimate of drug-likeness (QED) is 0.841. The fraction of sp³-hybridized carbons (Fsp3) is 0.533. The maximum absolute atomic E-state index is 12.1. The van der Waals surface area contributed by atoms with Crippen LogP contribution in [0.15, 0.2) is 12.1 Å². The number of nitrogens with one attached hydrogen (secondary N) is 1. The Morgan fingerprint density at radius 1 is 1.22 bits per heavy atom. The third kappa shape index (κ3) is 1.88. The minimum Gasteiger partial charge on any atom is -0.507 e. The molecule has 96 valence electrons. The summed E-state index contributed by atoms with van der Waals surface area (Å²) in [5.74, 6) is 2.20. The second-order valence-electron chi connectivity index (χ2n) is 5.82. The number of hydrogen-bond donors (Lipinski definition) is 2. The molecule has 18 heavy (non-hydrogen) atoms. The van der Waals surface area contributed by atoms with Crippen LogP contribution < -0.4 is 5.32 Å². The Hall–Kier alpha value is -1.51. The molecule has 2 saturated carbocycles. The lowest BCUT2D eigenvalue weighted by atomic mass is 10.0. The van der Waals surface area contributed by atoms with Crippen LogP contribution in [-0.4, -0.2) is 11.0 Å². The SMILES string of the molecule is Cc1ccc(NC(=O)C2CC3CC3C2)c(C)c1O. The molecule has 0 spiro atoms. The lowest BCUT2D eigenvalue weighted by Crippen LogP contribution is -2.22. The molecular weight excluding hydrogens is 226 g/mol. The van der Waals surface area contributed by atoms with Crippen molar-refractivity contribution in [1.29, 1.82) is 0 Å². The molecule has 1 aromatic carbocycles. The van der Waals surface area contributed by atoms with E-state index >= 15 is 0 Å². The van der Waals surface area contributed by atoms with Gasteiger partial charge < -0.3 is 10.4 Å². The summed E-state index contributed by atoms with van der Waals surface area (Å²) in [7, 11) is 0. The Morgan fingerprint density at radius 3 is 2.56 bits per heavy atom. The maximum Gasteiger partial charge on any atom is 0.227 e. The fourth-order valence-corrected chi connectivity index (χ4v) is 3.13. The number of aromatic hydroxyl groups is 1. The van der Waals surface area contributed by atoms with Crippen LogP contribution in [0.25, 0.3) is 0 Å². The summed E-state index contributed by atoms with van der Waals surface area (Å²) >= 11 is 0. The number of benzene rings is 1. The van der Waals surface area contributed by atoms with Crippen LogP contribution >= 0.6 is 0 Å². The molecule has 0 aliphatic heterocycles. The summed E-state index contributed by atoms with van der Waals surface area (Å²) in [5, 5.41) is 12.8. The zero-order chi connectivity index (χ0) is 12.9. The number of carbonyl (C=O) groups is 1. The van der Waals surface area contributed by atoms with Gasteiger partial charge in [0.1, 0.15) is 5.75 Å². The van der Waals surface area contributed by atoms with Gasteiger partial charge in [0.25, 0.3) is 0 Å². The largest absolute Gasteiger partial charge is 0.507 e. The highest BCUT2D eigenvalue weighted by Crippen LogP contribution is 2.54. The molecular formula is C15H19NO2. The molecule has 2 aliphatic carbocycles. The van der Waals surface area contributed by atoms with Crippen LogP contribution in [0.4, 0.5) is 5.69 Å². The second kappa shape index (κ2) is 4.01. The number of anilines is 1. The summed E-state index contributed by atoms with van der Waals surface area (Å²) < 4.78 is 0. The molecule has 2 unspecified atom stereocenters. The van der Waals surface area contributed by atoms with E-state index in [9.17, 15) is 9.90 Å². The Bertz CT molecular complexity index is 499. The van der Waals surface area contributed by atoms with Gasteiger partial charge >= 0.3 is 0 Å². The Morgan fingerprint density at radius 2 is 1.89 bits per heavy atom. The van der Waals surface area contributed by atoms with Gasteiger partial charge in [-0.3, -0.25) is 4.79 Å². The van der Waals surface area contributed by atoms with E-state index in [1.165, 1.54) is 6.42 Å². The van der Waals surface area contributed by atoms with E-state index < -0.39 is 0 Å². The molecule has 2 aliphatic rings. The van der Waals surface area contributed by atoms with Crippen molar-refractivity contribution in [2.24, 2.45) is 17.8 Å². The number of phenols is 1. The smallest absolute Gasteiger partial charge is 0.227 e. The minimum absolute atomic E-state index is 0.119. The second-order valence-corrected chi connectivity index (χ2v) is 5.82. The van der Waals surface area contributed by atoms with E-state index in [0.29, 0.717) is 0 Å². The lowest BCUT2D eigenvalue weighted by molar-refractivity contribution is -0.120. The molecule has 1 aromatic rings. The predicted octanol–water partition coefficient (Wildman–Crippen LogP) is 2.99. The van der Waals surface area contributed by atoms with Crippen molar-refractivity contribution in [3.05, 3.63) is 23.3 Å². The lowest BCUT2D eigenvalue weighted by Gasteiger charge is -2.15. The van der Waals surface area contributed by atoms with Crippen LogP contribution in [0.1, 0.15) is 30.4 Å². The molecule has 2 N–H and O–H groups in total. The molecule has 0 bridgehead atoms. The molecule has 0 aromatic heterocycles. The average Bonchev–Trinajstić information content (AvgIpc) is 2.97. The third-order valence-corrected chi connectivity index (χ3v) is 4.50. The van der Waals surface area contributed by atoms with E-state index in [-0.39, 0.29) is 17.6 Å². The number of amides is 1. The zero-order valence-corrected chi connectivity index (χ0v) is 10.9. The summed E-state index contributed by atoms with van der Waals surface area (Å²) in [6.07, 6.45) is 3.43. The minimum atomic E-state index is 0.119. The number of rotatable bonds is 2. The highest BCUT2D eigenvalue weighted by molar-refractivity contribution is 5.94.